The van der Waals surface area contributed by atoms with Crippen molar-refractivity contribution in [2.45, 2.75) is 70.5 Å². The predicted molar refractivity (Wildman–Crippen MR) is 86.0 cm³/mol. The molecule has 0 unspecified atom stereocenters. The molecule has 1 saturated carbocycles. The van der Waals surface area contributed by atoms with E-state index in [0.717, 1.165) is 49.2 Å². The van der Waals surface area contributed by atoms with Gasteiger partial charge in [0, 0.05) is 31.3 Å². The van der Waals surface area contributed by atoms with Crippen molar-refractivity contribution in [3.8, 4) is 0 Å². The molecule has 0 amide bonds. The molecule has 2 aromatic heterocycles. The number of nitrogens with zero attached hydrogens (tertiary/aromatic N) is 6. The SMILES string of the molecule is CC(C)c1nc2n(n1)C[C@H](NCc1nnc(C3CC3)n1C)CC2. The lowest BCUT2D eigenvalue weighted by Gasteiger charge is -2.23. The van der Waals surface area contributed by atoms with E-state index in [1.807, 2.05) is 0 Å². The van der Waals surface area contributed by atoms with Gasteiger partial charge in [-0.2, -0.15) is 5.10 Å². The van der Waals surface area contributed by atoms with Crippen molar-refractivity contribution in [3.63, 3.8) is 0 Å². The van der Waals surface area contributed by atoms with E-state index < -0.39 is 0 Å². The predicted octanol–water partition coefficient (Wildman–Crippen LogP) is 1.51. The van der Waals surface area contributed by atoms with Crippen LogP contribution in [0.4, 0.5) is 0 Å². The van der Waals surface area contributed by atoms with E-state index in [2.05, 4.69) is 55.7 Å². The van der Waals surface area contributed by atoms with Gasteiger partial charge in [0.05, 0.1) is 13.1 Å². The highest BCUT2D eigenvalue weighted by Crippen LogP contribution is 2.38. The minimum Gasteiger partial charge on any atom is -0.317 e. The highest BCUT2D eigenvalue weighted by molar-refractivity contribution is 5.08. The number of aromatic nitrogens is 6. The van der Waals surface area contributed by atoms with Gasteiger partial charge in [0.25, 0.3) is 0 Å². The number of hydrogen-bond donors (Lipinski definition) is 1. The van der Waals surface area contributed by atoms with Crippen molar-refractivity contribution in [1.29, 1.82) is 0 Å². The maximum Gasteiger partial charge on any atom is 0.153 e. The monoisotopic (exact) mass is 315 g/mol. The zero-order chi connectivity index (χ0) is 16.0. The first-order valence-corrected chi connectivity index (χ1v) is 8.67. The molecule has 0 spiro atoms. The second-order valence-electron chi connectivity index (χ2n) is 7.15. The summed E-state index contributed by atoms with van der Waals surface area (Å²) in [6.45, 7) is 5.94. The van der Waals surface area contributed by atoms with E-state index in [4.69, 9.17) is 0 Å². The van der Waals surface area contributed by atoms with Gasteiger partial charge in [-0.05, 0) is 19.3 Å². The summed E-state index contributed by atoms with van der Waals surface area (Å²) in [6, 6.07) is 0.422. The Kier molecular flexibility index (Phi) is 3.67. The zero-order valence-corrected chi connectivity index (χ0v) is 14.2. The lowest BCUT2D eigenvalue weighted by Crippen LogP contribution is -2.38. The summed E-state index contributed by atoms with van der Waals surface area (Å²) in [5.74, 6) is 5.29. The van der Waals surface area contributed by atoms with Gasteiger partial charge in [-0.15, -0.1) is 10.2 Å². The molecule has 2 aliphatic rings. The van der Waals surface area contributed by atoms with Crippen LogP contribution in [0.15, 0.2) is 0 Å². The van der Waals surface area contributed by atoms with Gasteiger partial charge >= 0.3 is 0 Å². The fourth-order valence-electron chi connectivity index (χ4n) is 3.20. The molecule has 124 valence electrons. The summed E-state index contributed by atoms with van der Waals surface area (Å²) >= 11 is 0. The van der Waals surface area contributed by atoms with Crippen LogP contribution >= 0.6 is 0 Å². The van der Waals surface area contributed by atoms with E-state index in [1.54, 1.807) is 0 Å². The second kappa shape index (κ2) is 5.70. The second-order valence-corrected chi connectivity index (χ2v) is 7.15. The van der Waals surface area contributed by atoms with Crippen molar-refractivity contribution in [1.82, 2.24) is 34.8 Å². The zero-order valence-electron chi connectivity index (χ0n) is 14.2. The average molecular weight is 315 g/mol. The normalized spacial score (nSPS) is 21.0. The molecule has 0 aromatic carbocycles. The first-order chi connectivity index (χ1) is 11.1. The van der Waals surface area contributed by atoms with Gasteiger partial charge in [-0.1, -0.05) is 13.8 Å². The van der Waals surface area contributed by atoms with Gasteiger partial charge in [0.15, 0.2) is 5.82 Å². The summed E-state index contributed by atoms with van der Waals surface area (Å²) in [7, 11) is 2.08. The third-order valence-corrected chi connectivity index (χ3v) is 4.88. The van der Waals surface area contributed by atoms with Gasteiger partial charge in [-0.25, -0.2) is 9.67 Å². The largest absolute Gasteiger partial charge is 0.317 e. The van der Waals surface area contributed by atoms with Crippen molar-refractivity contribution in [3.05, 3.63) is 23.3 Å². The summed E-state index contributed by atoms with van der Waals surface area (Å²) in [6.07, 6.45) is 4.61. The first kappa shape index (κ1) is 14.8. The van der Waals surface area contributed by atoms with E-state index in [1.165, 1.54) is 12.8 Å². The average Bonchev–Trinajstić information content (AvgIpc) is 3.17. The quantitative estimate of drug-likeness (QED) is 0.905. The molecule has 7 nitrogen and oxygen atoms in total. The third kappa shape index (κ3) is 2.89. The molecule has 1 aliphatic carbocycles. The molecule has 0 saturated heterocycles. The number of rotatable bonds is 5. The molecule has 1 aliphatic heterocycles. The molecule has 1 atom stereocenters. The molecule has 1 N–H and O–H groups in total. The lowest BCUT2D eigenvalue weighted by atomic mass is 10.1. The Morgan fingerprint density at radius 1 is 1.22 bits per heavy atom. The fourth-order valence-corrected chi connectivity index (χ4v) is 3.20. The fraction of sp³-hybridized carbons (Fsp3) is 0.750. The molecule has 0 radical (unpaired) electrons. The Morgan fingerprint density at radius 3 is 2.78 bits per heavy atom. The molecule has 3 heterocycles. The van der Waals surface area contributed by atoms with Gasteiger partial charge in [0.2, 0.25) is 0 Å². The Morgan fingerprint density at radius 2 is 2.04 bits per heavy atom. The van der Waals surface area contributed by atoms with E-state index in [-0.39, 0.29) is 0 Å². The van der Waals surface area contributed by atoms with E-state index >= 15 is 0 Å². The maximum absolute atomic E-state index is 4.64. The third-order valence-electron chi connectivity index (χ3n) is 4.88. The van der Waals surface area contributed by atoms with Crippen molar-refractivity contribution >= 4 is 0 Å². The van der Waals surface area contributed by atoms with Crippen LogP contribution in [0.2, 0.25) is 0 Å². The molecule has 4 rings (SSSR count). The highest BCUT2D eigenvalue weighted by atomic mass is 15.4. The minimum absolute atomic E-state index is 0.388. The standard InChI is InChI=1S/C16H25N7/c1-10(2)15-18-13-7-6-12(9-23(13)21-15)17-8-14-19-20-16(22(14)3)11-4-5-11/h10-12,17H,4-9H2,1-3H3/t12-/m1/s1. The molecule has 7 heteroatoms. The smallest absolute Gasteiger partial charge is 0.153 e. The first-order valence-electron chi connectivity index (χ1n) is 8.67. The van der Waals surface area contributed by atoms with Gasteiger partial charge in [-0.3, -0.25) is 0 Å². The van der Waals surface area contributed by atoms with Crippen molar-refractivity contribution < 1.29 is 0 Å². The Labute approximate surface area is 136 Å². The summed E-state index contributed by atoms with van der Waals surface area (Å²) in [4.78, 5) is 4.64. The number of nitrogens with one attached hydrogen (secondary N) is 1. The molecular weight excluding hydrogens is 290 g/mol. The van der Waals surface area contributed by atoms with Crippen molar-refractivity contribution in [2.24, 2.45) is 7.05 Å². The van der Waals surface area contributed by atoms with Crippen LogP contribution in [0, 0.1) is 0 Å². The Bertz CT molecular complexity index is 695. The van der Waals surface area contributed by atoms with Gasteiger partial charge < -0.3 is 9.88 Å². The highest BCUT2D eigenvalue weighted by Gasteiger charge is 2.29. The van der Waals surface area contributed by atoms with E-state index in [9.17, 15) is 0 Å². The van der Waals surface area contributed by atoms with Crippen LogP contribution in [0.3, 0.4) is 0 Å². The van der Waals surface area contributed by atoms with Gasteiger partial charge in [0.1, 0.15) is 17.5 Å². The number of hydrogen-bond acceptors (Lipinski definition) is 5. The van der Waals surface area contributed by atoms with Crippen LogP contribution in [0.25, 0.3) is 0 Å². The topological polar surface area (TPSA) is 73.5 Å². The van der Waals surface area contributed by atoms with Crippen LogP contribution < -0.4 is 5.32 Å². The maximum atomic E-state index is 4.64. The molecule has 0 bridgehead atoms. The number of fused-ring (bicyclic) bond motifs is 1. The molecule has 1 fully saturated rings. The lowest BCUT2D eigenvalue weighted by molar-refractivity contribution is 0.353. The summed E-state index contributed by atoms with van der Waals surface area (Å²) < 4.78 is 4.23. The van der Waals surface area contributed by atoms with Crippen LogP contribution in [-0.4, -0.2) is 35.6 Å². The molecular formula is C16H25N7. The Balaban J connectivity index is 1.38. The molecule has 23 heavy (non-hydrogen) atoms. The Hall–Kier alpha value is -1.76. The van der Waals surface area contributed by atoms with Crippen molar-refractivity contribution in [2.75, 3.05) is 0 Å². The van der Waals surface area contributed by atoms with E-state index in [0.29, 0.717) is 17.9 Å². The summed E-state index contributed by atoms with van der Waals surface area (Å²) in [5, 5.41) is 17.0. The molecule has 2 aromatic rings. The van der Waals surface area contributed by atoms with Crippen LogP contribution in [-0.2, 0) is 26.6 Å². The minimum atomic E-state index is 0.388. The summed E-state index contributed by atoms with van der Waals surface area (Å²) in [5.41, 5.74) is 0. The van der Waals surface area contributed by atoms with Crippen LogP contribution in [0.1, 0.15) is 68.2 Å². The number of aryl methyl sites for hydroxylation is 1. The van der Waals surface area contributed by atoms with Crippen LogP contribution in [0.5, 0.6) is 0 Å².